The van der Waals surface area contributed by atoms with E-state index in [1.54, 1.807) is 12.1 Å². The Morgan fingerprint density at radius 2 is 1.78 bits per heavy atom. The van der Waals surface area contributed by atoms with E-state index in [0.717, 1.165) is 11.1 Å². The predicted octanol–water partition coefficient (Wildman–Crippen LogP) is 3.48. The van der Waals surface area contributed by atoms with Gasteiger partial charge in [-0.15, -0.1) is 0 Å². The number of nitrogens with one attached hydrogen (secondary N) is 1. The Morgan fingerprint density at radius 1 is 1.09 bits per heavy atom. The van der Waals surface area contributed by atoms with E-state index in [0.29, 0.717) is 6.54 Å². The topological polar surface area (TPSA) is 34.0 Å². The summed E-state index contributed by atoms with van der Waals surface area (Å²) >= 11 is 0. The molecule has 2 aromatic carbocycles. The molecule has 0 saturated heterocycles. The van der Waals surface area contributed by atoms with Gasteiger partial charge < -0.3 is 9.88 Å². The summed E-state index contributed by atoms with van der Waals surface area (Å²) in [6.45, 7) is 2.56. The molecule has 0 saturated carbocycles. The van der Waals surface area contributed by atoms with Gasteiger partial charge in [0.05, 0.1) is 6.42 Å². The third-order valence-corrected chi connectivity index (χ3v) is 4.11. The third-order valence-electron chi connectivity index (χ3n) is 4.11. The summed E-state index contributed by atoms with van der Waals surface area (Å²) in [6, 6.07) is 14.3. The van der Waals surface area contributed by atoms with Crippen molar-refractivity contribution in [3.8, 4) is 0 Å². The Bertz CT molecular complexity index is 850. The van der Waals surface area contributed by atoms with Crippen molar-refractivity contribution in [2.45, 2.75) is 19.9 Å². The first-order valence-electron chi connectivity index (χ1n) is 7.59. The smallest absolute Gasteiger partial charge is 0.224 e. The molecule has 1 amide bonds. The molecule has 0 aliphatic rings. The first kappa shape index (κ1) is 15.3. The fraction of sp³-hybridized carbons (Fsp3) is 0.211. The largest absolute Gasteiger partial charge is 0.352 e. The second kappa shape index (κ2) is 6.24. The number of hydrogen-bond donors (Lipinski definition) is 1. The van der Waals surface area contributed by atoms with Crippen molar-refractivity contribution < 1.29 is 9.18 Å². The van der Waals surface area contributed by atoms with Gasteiger partial charge >= 0.3 is 0 Å². The first-order chi connectivity index (χ1) is 11.0. The highest BCUT2D eigenvalue weighted by atomic mass is 19.1. The second-order valence-electron chi connectivity index (χ2n) is 5.82. The summed E-state index contributed by atoms with van der Waals surface area (Å²) in [7, 11) is 2.04. The zero-order valence-electron chi connectivity index (χ0n) is 13.3. The molecule has 0 unspecified atom stereocenters. The van der Waals surface area contributed by atoms with Crippen molar-refractivity contribution in [3.05, 3.63) is 71.2 Å². The lowest BCUT2D eigenvalue weighted by Gasteiger charge is -2.06. The summed E-state index contributed by atoms with van der Waals surface area (Å²) in [5.74, 6) is -0.360. The summed E-state index contributed by atoms with van der Waals surface area (Å²) in [5.41, 5.74) is 4.26. The normalized spacial score (nSPS) is 10.9. The molecule has 0 aliphatic heterocycles. The van der Waals surface area contributed by atoms with Crippen LogP contribution in [0.1, 0.15) is 16.8 Å². The number of rotatable bonds is 4. The highest BCUT2D eigenvalue weighted by molar-refractivity contribution is 5.82. The molecule has 0 fully saturated rings. The van der Waals surface area contributed by atoms with Gasteiger partial charge in [0.15, 0.2) is 0 Å². The van der Waals surface area contributed by atoms with Crippen LogP contribution in [0.2, 0.25) is 0 Å². The molecule has 3 nitrogen and oxygen atoms in total. The van der Waals surface area contributed by atoms with Crippen molar-refractivity contribution in [3.63, 3.8) is 0 Å². The molecule has 118 valence electrons. The van der Waals surface area contributed by atoms with Gasteiger partial charge in [-0.25, -0.2) is 4.39 Å². The molecule has 0 atom stereocenters. The number of amides is 1. The molecule has 1 N–H and O–H groups in total. The molecule has 23 heavy (non-hydrogen) atoms. The van der Waals surface area contributed by atoms with Crippen molar-refractivity contribution in [2.24, 2.45) is 7.05 Å². The zero-order chi connectivity index (χ0) is 16.4. The number of nitrogens with zero attached hydrogens (tertiary/aromatic N) is 1. The molecule has 3 rings (SSSR count). The SMILES string of the molecule is Cc1cc2cc(CNC(=O)Cc3ccc(F)cc3)ccc2n1C. The number of aryl methyl sites for hydroxylation is 2. The Hall–Kier alpha value is -2.62. The van der Waals surface area contributed by atoms with Crippen molar-refractivity contribution in [2.75, 3.05) is 0 Å². The molecular weight excluding hydrogens is 291 g/mol. The van der Waals surface area contributed by atoms with Crippen molar-refractivity contribution in [1.29, 1.82) is 0 Å². The molecule has 0 radical (unpaired) electrons. The van der Waals surface area contributed by atoms with Gasteiger partial charge in [0.25, 0.3) is 0 Å². The second-order valence-corrected chi connectivity index (χ2v) is 5.82. The highest BCUT2D eigenvalue weighted by Crippen LogP contribution is 2.19. The molecule has 0 spiro atoms. The maximum atomic E-state index is 12.8. The van der Waals surface area contributed by atoms with E-state index in [1.165, 1.54) is 28.7 Å². The third kappa shape index (κ3) is 3.42. The molecule has 3 aromatic rings. The number of benzene rings is 2. The van der Waals surface area contributed by atoms with Crippen molar-refractivity contribution >= 4 is 16.8 Å². The average molecular weight is 310 g/mol. The minimum Gasteiger partial charge on any atom is -0.352 e. The Balaban J connectivity index is 1.63. The Labute approximate surface area is 134 Å². The van der Waals surface area contributed by atoms with Crippen LogP contribution in [0.4, 0.5) is 4.39 Å². The number of carbonyl (C=O) groups is 1. The highest BCUT2D eigenvalue weighted by Gasteiger charge is 2.06. The lowest BCUT2D eigenvalue weighted by atomic mass is 10.1. The molecule has 1 aromatic heterocycles. The van der Waals surface area contributed by atoms with Crippen LogP contribution in [-0.2, 0) is 24.8 Å². The van der Waals surface area contributed by atoms with Gasteiger partial charge in [-0.3, -0.25) is 4.79 Å². The van der Waals surface area contributed by atoms with E-state index in [1.807, 2.05) is 13.1 Å². The van der Waals surface area contributed by atoms with Crippen LogP contribution < -0.4 is 5.32 Å². The van der Waals surface area contributed by atoms with Crippen LogP contribution in [-0.4, -0.2) is 10.5 Å². The summed E-state index contributed by atoms with van der Waals surface area (Å²) < 4.78 is 15.0. The standard InChI is InChI=1S/C19H19FN2O/c1-13-9-16-10-15(5-8-18(16)22(13)2)12-21-19(23)11-14-3-6-17(20)7-4-14/h3-10H,11-12H2,1-2H3,(H,21,23). The molecular formula is C19H19FN2O. The van der Waals surface area contributed by atoms with Crippen LogP contribution in [0.3, 0.4) is 0 Å². The maximum Gasteiger partial charge on any atom is 0.224 e. The summed E-state index contributed by atoms with van der Waals surface area (Å²) in [6.07, 6.45) is 0.257. The molecule has 0 bridgehead atoms. The summed E-state index contributed by atoms with van der Waals surface area (Å²) in [4.78, 5) is 12.0. The quantitative estimate of drug-likeness (QED) is 0.786. The fourth-order valence-corrected chi connectivity index (χ4v) is 2.70. The van der Waals surface area contributed by atoms with Crippen LogP contribution in [0.5, 0.6) is 0 Å². The van der Waals surface area contributed by atoms with Gasteiger partial charge in [-0.1, -0.05) is 18.2 Å². The molecule has 0 aliphatic carbocycles. The van der Waals surface area contributed by atoms with Gasteiger partial charge in [-0.05, 0) is 48.4 Å². The predicted molar refractivity (Wildman–Crippen MR) is 89.6 cm³/mol. The van der Waals surface area contributed by atoms with Crippen LogP contribution in [0.15, 0.2) is 48.5 Å². The van der Waals surface area contributed by atoms with Crippen LogP contribution >= 0.6 is 0 Å². The van der Waals surface area contributed by atoms with E-state index < -0.39 is 0 Å². The minimum atomic E-state index is -0.291. The number of halogens is 1. The lowest BCUT2D eigenvalue weighted by molar-refractivity contribution is -0.120. The van der Waals surface area contributed by atoms with Gasteiger partial charge in [0.2, 0.25) is 5.91 Å². The molecule has 1 heterocycles. The first-order valence-corrected chi connectivity index (χ1v) is 7.59. The van der Waals surface area contributed by atoms with Gasteiger partial charge in [-0.2, -0.15) is 0 Å². The Morgan fingerprint density at radius 3 is 2.52 bits per heavy atom. The lowest BCUT2D eigenvalue weighted by Crippen LogP contribution is -2.24. The van der Waals surface area contributed by atoms with Gasteiger partial charge in [0, 0.05) is 30.2 Å². The van der Waals surface area contributed by atoms with Crippen LogP contribution in [0, 0.1) is 12.7 Å². The average Bonchev–Trinajstić information content (AvgIpc) is 2.82. The number of aromatic nitrogens is 1. The number of carbonyl (C=O) groups excluding carboxylic acids is 1. The van der Waals surface area contributed by atoms with E-state index in [-0.39, 0.29) is 18.1 Å². The van der Waals surface area contributed by atoms with E-state index in [4.69, 9.17) is 0 Å². The number of fused-ring (bicyclic) bond motifs is 1. The fourth-order valence-electron chi connectivity index (χ4n) is 2.70. The van der Waals surface area contributed by atoms with Gasteiger partial charge in [0.1, 0.15) is 5.82 Å². The zero-order valence-corrected chi connectivity index (χ0v) is 13.3. The van der Waals surface area contributed by atoms with E-state index >= 15 is 0 Å². The maximum absolute atomic E-state index is 12.8. The van der Waals surface area contributed by atoms with E-state index in [9.17, 15) is 9.18 Å². The molecule has 4 heteroatoms. The van der Waals surface area contributed by atoms with E-state index in [2.05, 4.69) is 35.0 Å². The van der Waals surface area contributed by atoms with Crippen molar-refractivity contribution in [1.82, 2.24) is 9.88 Å². The number of hydrogen-bond acceptors (Lipinski definition) is 1. The van der Waals surface area contributed by atoms with Crippen LogP contribution in [0.25, 0.3) is 10.9 Å². The minimum absolute atomic E-state index is 0.0686. The monoisotopic (exact) mass is 310 g/mol. The Kier molecular flexibility index (Phi) is 4.15. The summed E-state index contributed by atoms with van der Waals surface area (Å²) in [5, 5.41) is 4.08.